The maximum atomic E-state index is 14.0. The minimum Gasteiger partial charge on any atom is -0.503 e. The van der Waals surface area contributed by atoms with Crippen molar-refractivity contribution in [1.29, 1.82) is 0 Å². The Bertz CT molecular complexity index is 1260. The molecule has 3 aliphatic rings. The van der Waals surface area contributed by atoms with Crippen LogP contribution in [0.2, 0.25) is 0 Å². The number of benzene rings is 1. The van der Waals surface area contributed by atoms with E-state index in [2.05, 4.69) is 25.4 Å². The number of phenols is 1. The second-order valence-corrected chi connectivity index (χ2v) is 9.21. The summed E-state index contributed by atoms with van der Waals surface area (Å²) in [5, 5.41) is 15.8. The third-order valence-electron chi connectivity index (χ3n) is 7.35. The Hall–Kier alpha value is -3.70. The molecule has 1 aromatic carbocycles. The minimum absolute atomic E-state index is 0.216. The summed E-state index contributed by atoms with van der Waals surface area (Å²) in [7, 11) is 1.50. The van der Waals surface area contributed by atoms with E-state index in [9.17, 15) is 18.0 Å². The Morgan fingerprint density at radius 3 is 2.46 bits per heavy atom. The molecule has 2 aromatic heterocycles. The van der Waals surface area contributed by atoms with Crippen LogP contribution in [0.15, 0.2) is 23.0 Å². The highest BCUT2D eigenvalue weighted by atomic mass is 19.2. The number of carbonyl (C=O) groups is 1. The minimum atomic E-state index is -1.78. The number of hydrogen-bond donors (Lipinski definition) is 2. The Kier molecular flexibility index (Phi) is 5.60. The average Bonchev–Trinajstić information content (AvgIpc) is 3.41. The first-order valence-electron chi connectivity index (χ1n) is 11.1. The lowest BCUT2D eigenvalue weighted by atomic mass is 9.53. The summed E-state index contributed by atoms with van der Waals surface area (Å²) in [5.74, 6) is -5.88. The quantitative estimate of drug-likeness (QED) is 0.503. The maximum absolute atomic E-state index is 14.0. The van der Waals surface area contributed by atoms with Crippen LogP contribution in [0.1, 0.15) is 54.8 Å². The monoisotopic (exact) mass is 489 g/mol. The Labute approximate surface area is 197 Å². The SMILES string of the molecule is COc1cnc(-c2noc([C@]34CC[C@](CNC(=O)c5cc(F)c(O)c(F)c5F)(CC3)CC4)n2)cn1. The first kappa shape index (κ1) is 23.1. The van der Waals surface area contributed by atoms with Crippen molar-refractivity contribution >= 4 is 5.91 Å². The van der Waals surface area contributed by atoms with Crippen molar-refractivity contribution in [2.45, 2.75) is 43.9 Å². The molecule has 3 saturated carbocycles. The van der Waals surface area contributed by atoms with Crippen molar-refractivity contribution in [3.05, 3.63) is 47.4 Å². The lowest BCUT2D eigenvalue weighted by Crippen LogP contribution is -2.49. The number of carbonyl (C=O) groups excluding carboxylic acids is 1. The number of aromatic nitrogens is 4. The zero-order valence-electron chi connectivity index (χ0n) is 18.8. The largest absolute Gasteiger partial charge is 0.503 e. The van der Waals surface area contributed by atoms with E-state index < -0.39 is 34.7 Å². The summed E-state index contributed by atoms with van der Waals surface area (Å²) in [5.41, 5.74) is -0.802. The van der Waals surface area contributed by atoms with Gasteiger partial charge in [0.1, 0.15) is 5.69 Å². The van der Waals surface area contributed by atoms with Gasteiger partial charge in [-0.3, -0.25) is 4.79 Å². The van der Waals surface area contributed by atoms with E-state index in [0.717, 1.165) is 38.5 Å². The molecule has 9 nitrogen and oxygen atoms in total. The first-order chi connectivity index (χ1) is 16.8. The molecule has 6 rings (SSSR count). The normalized spacial score (nSPS) is 23.3. The molecule has 0 unspecified atom stereocenters. The molecule has 0 saturated heterocycles. The molecular formula is C23H22F3N5O4. The highest BCUT2D eigenvalue weighted by molar-refractivity contribution is 5.94. The van der Waals surface area contributed by atoms with Gasteiger partial charge in [-0.1, -0.05) is 5.16 Å². The maximum Gasteiger partial charge on any atom is 0.254 e. The number of aromatic hydroxyl groups is 1. The number of fused-ring (bicyclic) bond motifs is 3. The average molecular weight is 489 g/mol. The van der Waals surface area contributed by atoms with Crippen molar-refractivity contribution in [3.63, 3.8) is 0 Å². The molecule has 184 valence electrons. The third-order valence-corrected chi connectivity index (χ3v) is 7.35. The molecule has 12 heteroatoms. The topological polar surface area (TPSA) is 123 Å². The molecule has 2 bridgehead atoms. The number of phenolic OH excluding ortho intramolecular Hbond substituents is 1. The lowest BCUT2D eigenvalue weighted by Gasteiger charge is -2.51. The number of methoxy groups -OCH3 is 1. The van der Waals surface area contributed by atoms with Crippen LogP contribution < -0.4 is 10.1 Å². The number of halogens is 3. The first-order valence-corrected chi connectivity index (χ1v) is 11.1. The summed E-state index contributed by atoms with van der Waals surface area (Å²) in [4.78, 5) is 25.4. The van der Waals surface area contributed by atoms with Crippen LogP contribution in [-0.2, 0) is 5.41 Å². The number of nitrogens with zero attached hydrogens (tertiary/aromatic N) is 4. The third kappa shape index (κ3) is 3.96. The molecule has 35 heavy (non-hydrogen) atoms. The van der Waals surface area contributed by atoms with Crippen LogP contribution in [-0.4, -0.2) is 44.8 Å². The summed E-state index contributed by atoms with van der Waals surface area (Å²) < 4.78 is 51.9. The smallest absolute Gasteiger partial charge is 0.254 e. The fourth-order valence-corrected chi connectivity index (χ4v) is 5.04. The molecule has 0 radical (unpaired) electrons. The van der Waals surface area contributed by atoms with Crippen molar-refractivity contribution in [1.82, 2.24) is 25.4 Å². The van der Waals surface area contributed by atoms with Gasteiger partial charge in [0.2, 0.25) is 23.4 Å². The van der Waals surface area contributed by atoms with Gasteiger partial charge in [-0.25, -0.2) is 18.7 Å². The Balaban J connectivity index is 1.25. The fourth-order valence-electron chi connectivity index (χ4n) is 5.04. The summed E-state index contributed by atoms with van der Waals surface area (Å²) in [6.45, 7) is 0.238. The Morgan fingerprint density at radius 1 is 1.11 bits per heavy atom. The fraction of sp³-hybridized carbons (Fsp3) is 0.435. The molecule has 3 aliphatic carbocycles. The zero-order valence-corrected chi connectivity index (χ0v) is 18.8. The van der Waals surface area contributed by atoms with Gasteiger partial charge in [0.05, 0.1) is 25.1 Å². The number of nitrogens with one attached hydrogen (secondary N) is 1. The van der Waals surface area contributed by atoms with Crippen LogP contribution in [0, 0.1) is 22.9 Å². The Morgan fingerprint density at radius 2 is 1.83 bits per heavy atom. The van der Waals surface area contributed by atoms with Gasteiger partial charge in [-0.15, -0.1) is 0 Å². The number of ether oxygens (including phenoxy) is 1. The van der Waals surface area contributed by atoms with Crippen LogP contribution in [0.25, 0.3) is 11.5 Å². The van der Waals surface area contributed by atoms with E-state index in [1.54, 1.807) is 0 Å². The second kappa shape index (κ2) is 8.51. The van der Waals surface area contributed by atoms with Crippen LogP contribution >= 0.6 is 0 Å². The zero-order chi connectivity index (χ0) is 24.8. The van der Waals surface area contributed by atoms with Crippen molar-refractivity contribution in [2.75, 3.05) is 13.7 Å². The lowest BCUT2D eigenvalue weighted by molar-refractivity contribution is 0.0228. The van der Waals surface area contributed by atoms with Gasteiger partial charge < -0.3 is 19.7 Å². The van der Waals surface area contributed by atoms with E-state index in [4.69, 9.17) is 14.4 Å². The van der Waals surface area contributed by atoms with Gasteiger partial charge in [0, 0.05) is 12.0 Å². The van der Waals surface area contributed by atoms with Gasteiger partial charge in [-0.2, -0.15) is 9.37 Å². The summed E-state index contributed by atoms with van der Waals surface area (Å²) in [6, 6.07) is 0.494. The van der Waals surface area contributed by atoms with Crippen molar-refractivity contribution in [2.24, 2.45) is 5.41 Å². The van der Waals surface area contributed by atoms with Crippen LogP contribution in [0.3, 0.4) is 0 Å². The van der Waals surface area contributed by atoms with Gasteiger partial charge in [0.15, 0.2) is 17.4 Å². The van der Waals surface area contributed by atoms with Crippen LogP contribution in [0.5, 0.6) is 11.6 Å². The van der Waals surface area contributed by atoms with Gasteiger partial charge in [0.25, 0.3) is 5.91 Å². The molecule has 1 amide bonds. The number of hydrogen-bond acceptors (Lipinski definition) is 8. The van der Waals surface area contributed by atoms with Gasteiger partial charge >= 0.3 is 0 Å². The van der Waals surface area contributed by atoms with E-state index >= 15 is 0 Å². The van der Waals surface area contributed by atoms with E-state index in [1.165, 1.54) is 19.5 Å². The molecule has 0 atom stereocenters. The predicted molar refractivity (Wildman–Crippen MR) is 114 cm³/mol. The van der Waals surface area contributed by atoms with E-state index in [1.807, 2.05) is 0 Å². The number of amides is 1. The second-order valence-electron chi connectivity index (χ2n) is 9.21. The van der Waals surface area contributed by atoms with Crippen molar-refractivity contribution in [3.8, 4) is 23.1 Å². The molecule has 2 N–H and O–H groups in total. The van der Waals surface area contributed by atoms with Crippen molar-refractivity contribution < 1.29 is 32.3 Å². The van der Waals surface area contributed by atoms with Gasteiger partial charge in [-0.05, 0) is 50.0 Å². The summed E-state index contributed by atoms with van der Waals surface area (Å²) in [6.07, 6.45) is 7.53. The number of rotatable bonds is 6. The molecule has 0 spiro atoms. The highest BCUT2D eigenvalue weighted by Gasteiger charge is 2.52. The molecule has 2 heterocycles. The molecule has 0 aliphatic heterocycles. The summed E-state index contributed by atoms with van der Waals surface area (Å²) >= 11 is 0. The van der Waals surface area contributed by atoms with Crippen LogP contribution in [0.4, 0.5) is 13.2 Å². The van der Waals surface area contributed by atoms with E-state index in [0.29, 0.717) is 29.4 Å². The highest BCUT2D eigenvalue weighted by Crippen LogP contribution is 2.57. The van der Waals surface area contributed by atoms with E-state index in [-0.39, 0.29) is 17.4 Å². The molecular weight excluding hydrogens is 467 g/mol. The standard InChI is InChI=1S/C23H22F3N5O4/c1-34-15-10-27-14(9-28-15)19-30-21(35-31-19)23-5-2-22(3-6-23,4-7-23)11-29-20(33)12-8-13(24)18(32)17(26)16(12)25/h8-10,32H,2-7,11H2,1H3,(H,29,33)/t22-,23+. The molecule has 3 fully saturated rings. The molecule has 3 aromatic rings. The predicted octanol–water partition coefficient (Wildman–Crippen LogP) is 3.68.